The Bertz CT molecular complexity index is 1540. The van der Waals surface area contributed by atoms with Gasteiger partial charge in [-0.05, 0) is 30.3 Å². The van der Waals surface area contributed by atoms with Crippen LogP contribution < -0.4 is 10.3 Å². The number of methoxy groups -OCH3 is 1. The van der Waals surface area contributed by atoms with Crippen molar-refractivity contribution in [2.24, 2.45) is 5.10 Å². The number of fused-ring (bicyclic) bond motifs is 2. The maximum Gasteiger partial charge on any atom is 0.282 e. The van der Waals surface area contributed by atoms with Crippen LogP contribution in [0.4, 0.5) is 0 Å². The van der Waals surface area contributed by atoms with Crippen molar-refractivity contribution in [3.05, 3.63) is 87.7 Å². The van der Waals surface area contributed by atoms with Gasteiger partial charge in [-0.15, -0.1) is 0 Å². The molecule has 3 aromatic carbocycles. The van der Waals surface area contributed by atoms with Crippen molar-refractivity contribution in [2.75, 3.05) is 7.11 Å². The quantitative estimate of drug-likeness (QED) is 0.390. The van der Waals surface area contributed by atoms with E-state index in [9.17, 15) is 9.90 Å². The van der Waals surface area contributed by atoms with Crippen LogP contribution in [0, 0.1) is 0 Å². The molecule has 2 heterocycles. The molecule has 0 spiro atoms. The molecule has 0 fully saturated rings. The van der Waals surface area contributed by atoms with Crippen LogP contribution in [0.1, 0.15) is 5.56 Å². The van der Waals surface area contributed by atoms with Crippen molar-refractivity contribution in [1.29, 1.82) is 0 Å². The molecule has 0 atom stereocenters. The predicted molar refractivity (Wildman–Crippen MR) is 124 cm³/mol. The summed E-state index contributed by atoms with van der Waals surface area (Å²) < 4.78 is 12.2. The van der Waals surface area contributed by atoms with E-state index >= 15 is 0 Å². The van der Waals surface area contributed by atoms with Gasteiger partial charge in [0.25, 0.3) is 5.56 Å². The lowest BCUT2D eigenvalue weighted by atomic mass is 10.2. The first-order valence-electron chi connectivity index (χ1n) is 9.67. The number of para-hydroxylation sites is 2. The molecule has 7 nitrogen and oxygen atoms in total. The van der Waals surface area contributed by atoms with Crippen LogP contribution in [0.25, 0.3) is 33.5 Å². The molecule has 0 unspecified atom stereocenters. The Hall–Kier alpha value is -4.10. The Balaban J connectivity index is 1.74. The Morgan fingerprint density at radius 1 is 1.12 bits per heavy atom. The van der Waals surface area contributed by atoms with E-state index < -0.39 is 0 Å². The van der Waals surface area contributed by atoms with Gasteiger partial charge in [0.1, 0.15) is 5.58 Å². The number of phenols is 1. The first-order chi connectivity index (χ1) is 15.5. The molecule has 32 heavy (non-hydrogen) atoms. The topological polar surface area (TPSA) is 89.9 Å². The summed E-state index contributed by atoms with van der Waals surface area (Å²) in [4.78, 5) is 17.9. The highest BCUT2D eigenvalue weighted by Crippen LogP contribution is 2.32. The second kappa shape index (κ2) is 7.86. The number of aromatic nitrogens is 2. The SMILES string of the molecule is COc1cc(Cl)cc(C=Nn2c(-c3cc4ccccc4o3)nc3ccccc3c2=O)c1O. The van der Waals surface area contributed by atoms with E-state index in [2.05, 4.69) is 10.1 Å². The van der Waals surface area contributed by atoms with Gasteiger partial charge in [-0.3, -0.25) is 4.79 Å². The van der Waals surface area contributed by atoms with Crippen LogP contribution in [0.15, 0.2) is 81.0 Å². The third kappa shape index (κ3) is 3.38. The minimum Gasteiger partial charge on any atom is -0.504 e. The molecule has 0 amide bonds. The van der Waals surface area contributed by atoms with Crippen molar-refractivity contribution in [1.82, 2.24) is 9.66 Å². The monoisotopic (exact) mass is 445 g/mol. The molecule has 0 saturated carbocycles. The average molecular weight is 446 g/mol. The van der Waals surface area contributed by atoms with Crippen molar-refractivity contribution >= 4 is 39.7 Å². The number of phenolic OH excluding ortho intramolecular Hbond substituents is 1. The summed E-state index contributed by atoms with van der Waals surface area (Å²) in [5.74, 6) is 0.668. The number of rotatable bonds is 4. The van der Waals surface area contributed by atoms with Gasteiger partial charge >= 0.3 is 0 Å². The lowest BCUT2D eigenvalue weighted by Gasteiger charge is -2.09. The zero-order valence-electron chi connectivity index (χ0n) is 16.8. The third-order valence-corrected chi connectivity index (χ3v) is 5.22. The molecule has 0 saturated heterocycles. The Morgan fingerprint density at radius 2 is 1.91 bits per heavy atom. The number of hydrogen-bond donors (Lipinski definition) is 1. The first-order valence-corrected chi connectivity index (χ1v) is 10.0. The number of benzene rings is 3. The smallest absolute Gasteiger partial charge is 0.282 e. The number of hydrogen-bond acceptors (Lipinski definition) is 6. The molecule has 0 aliphatic rings. The molecule has 8 heteroatoms. The summed E-state index contributed by atoms with van der Waals surface area (Å²) in [6.45, 7) is 0. The molecule has 1 N–H and O–H groups in total. The largest absolute Gasteiger partial charge is 0.504 e. The Morgan fingerprint density at radius 3 is 2.72 bits per heavy atom. The van der Waals surface area contributed by atoms with Crippen LogP contribution in [0.5, 0.6) is 11.5 Å². The van der Waals surface area contributed by atoms with E-state index in [0.717, 1.165) is 10.1 Å². The molecule has 0 aliphatic heterocycles. The second-order valence-electron chi connectivity index (χ2n) is 7.01. The van der Waals surface area contributed by atoms with Crippen LogP contribution in [-0.2, 0) is 0 Å². The van der Waals surface area contributed by atoms with Gasteiger partial charge in [-0.1, -0.05) is 41.9 Å². The molecule has 2 aromatic heterocycles. The summed E-state index contributed by atoms with van der Waals surface area (Å²) in [5, 5.41) is 16.4. The number of halogens is 1. The Kier molecular flexibility index (Phi) is 4.88. The second-order valence-corrected chi connectivity index (χ2v) is 7.44. The number of ether oxygens (including phenoxy) is 1. The maximum absolute atomic E-state index is 13.3. The average Bonchev–Trinajstić information content (AvgIpc) is 3.24. The standard InChI is InChI=1S/C24H16ClN3O4/c1-31-20-12-16(25)10-15(22(20)29)13-26-28-23(21-11-14-6-2-5-9-19(14)32-21)27-18-8-4-3-7-17(18)24(28)30/h2-13,29H,1H3. The summed E-state index contributed by atoms with van der Waals surface area (Å²) in [6.07, 6.45) is 1.33. The van der Waals surface area contributed by atoms with Gasteiger partial charge in [-0.25, -0.2) is 4.98 Å². The van der Waals surface area contributed by atoms with Crippen LogP contribution >= 0.6 is 11.6 Å². The van der Waals surface area contributed by atoms with Crippen molar-refractivity contribution in [2.45, 2.75) is 0 Å². The summed E-state index contributed by atoms with van der Waals surface area (Å²) in [6, 6.07) is 19.3. The molecular weight excluding hydrogens is 430 g/mol. The summed E-state index contributed by atoms with van der Waals surface area (Å²) in [7, 11) is 1.42. The molecule has 5 aromatic rings. The zero-order chi connectivity index (χ0) is 22.2. The van der Waals surface area contributed by atoms with E-state index in [1.165, 1.54) is 25.5 Å². The van der Waals surface area contributed by atoms with Gasteiger partial charge in [0.05, 0.1) is 24.2 Å². The van der Waals surface area contributed by atoms with Crippen molar-refractivity contribution in [3.8, 4) is 23.1 Å². The van der Waals surface area contributed by atoms with Crippen LogP contribution in [0.2, 0.25) is 5.02 Å². The van der Waals surface area contributed by atoms with Crippen molar-refractivity contribution < 1.29 is 14.3 Å². The summed E-state index contributed by atoms with van der Waals surface area (Å²) in [5.41, 5.74) is 1.09. The fourth-order valence-corrected chi connectivity index (χ4v) is 3.67. The molecule has 158 valence electrons. The van der Waals surface area contributed by atoms with Gasteiger partial charge in [0.15, 0.2) is 17.3 Å². The highest BCUT2D eigenvalue weighted by atomic mass is 35.5. The first kappa shape index (κ1) is 19.8. The highest BCUT2D eigenvalue weighted by Gasteiger charge is 2.17. The molecule has 5 rings (SSSR count). The number of furan rings is 1. The minimum atomic E-state index is -0.379. The van der Waals surface area contributed by atoms with Crippen LogP contribution in [0.3, 0.4) is 0 Å². The van der Waals surface area contributed by atoms with Gasteiger partial charge in [-0.2, -0.15) is 9.78 Å². The fraction of sp³-hybridized carbons (Fsp3) is 0.0417. The Labute approximate surface area is 186 Å². The number of aromatic hydroxyl groups is 1. The van der Waals surface area contributed by atoms with E-state index in [-0.39, 0.29) is 28.4 Å². The van der Waals surface area contributed by atoms with Crippen LogP contribution in [-0.4, -0.2) is 28.1 Å². The highest BCUT2D eigenvalue weighted by molar-refractivity contribution is 6.31. The van der Waals surface area contributed by atoms with Gasteiger partial charge in [0.2, 0.25) is 5.82 Å². The van der Waals surface area contributed by atoms with E-state index in [1.54, 1.807) is 30.3 Å². The predicted octanol–water partition coefficient (Wildman–Crippen LogP) is 5.06. The van der Waals surface area contributed by atoms with E-state index in [1.807, 2.05) is 24.3 Å². The molecule has 0 radical (unpaired) electrons. The maximum atomic E-state index is 13.3. The summed E-state index contributed by atoms with van der Waals surface area (Å²) >= 11 is 6.12. The molecule has 0 bridgehead atoms. The lowest BCUT2D eigenvalue weighted by Crippen LogP contribution is -2.20. The lowest BCUT2D eigenvalue weighted by molar-refractivity contribution is 0.373. The normalized spacial score (nSPS) is 11.6. The van der Waals surface area contributed by atoms with E-state index in [0.29, 0.717) is 27.3 Å². The van der Waals surface area contributed by atoms with Gasteiger partial charge < -0.3 is 14.3 Å². The zero-order valence-corrected chi connectivity index (χ0v) is 17.6. The molecule has 0 aliphatic carbocycles. The van der Waals surface area contributed by atoms with Gasteiger partial charge in [0, 0.05) is 22.0 Å². The fourth-order valence-electron chi connectivity index (χ4n) is 3.45. The third-order valence-electron chi connectivity index (χ3n) is 5.00. The van der Waals surface area contributed by atoms with Crippen molar-refractivity contribution in [3.63, 3.8) is 0 Å². The number of nitrogens with zero attached hydrogens (tertiary/aromatic N) is 3. The van der Waals surface area contributed by atoms with E-state index in [4.69, 9.17) is 20.8 Å². The molecular formula is C24H16ClN3O4. The minimum absolute atomic E-state index is 0.146.